The van der Waals surface area contributed by atoms with Gasteiger partial charge in [-0.05, 0) is 17.6 Å². The molecule has 2 aromatic heterocycles. The summed E-state index contributed by atoms with van der Waals surface area (Å²) >= 11 is 4.09. The van der Waals surface area contributed by atoms with Gasteiger partial charge < -0.3 is 10.2 Å². The summed E-state index contributed by atoms with van der Waals surface area (Å²) in [6, 6.07) is 1.91. The average Bonchev–Trinajstić information content (AvgIpc) is 3.03. The monoisotopic (exact) mass is 330 g/mol. The lowest BCUT2D eigenvalue weighted by Crippen LogP contribution is -2.19. The van der Waals surface area contributed by atoms with Gasteiger partial charge in [0.2, 0.25) is 0 Å². The number of carboxylic acids is 2. The van der Waals surface area contributed by atoms with Crippen LogP contribution in [-0.2, 0) is 9.59 Å². The van der Waals surface area contributed by atoms with Crippen LogP contribution in [0.25, 0.3) is 11.3 Å². The number of thiophene rings is 1. The van der Waals surface area contributed by atoms with Gasteiger partial charge in [-0.1, -0.05) is 4.49 Å². The van der Waals surface area contributed by atoms with Crippen molar-refractivity contribution in [2.75, 3.05) is 5.75 Å². The number of aliphatic carboxylic acids is 2. The van der Waals surface area contributed by atoms with Crippen LogP contribution < -0.4 is 0 Å². The van der Waals surface area contributed by atoms with E-state index in [-0.39, 0.29) is 12.2 Å². The highest BCUT2D eigenvalue weighted by Gasteiger charge is 2.21. The summed E-state index contributed by atoms with van der Waals surface area (Å²) < 4.78 is 4.72. The largest absolute Gasteiger partial charge is 0.481 e. The van der Waals surface area contributed by atoms with Crippen LogP contribution in [0.5, 0.6) is 0 Å². The molecule has 0 fully saturated rings. The first-order chi connectivity index (χ1) is 9.56. The fraction of sp³-hybridized carbons (Fsp3) is 0.273. The van der Waals surface area contributed by atoms with Gasteiger partial charge in [0.05, 0.1) is 16.5 Å². The zero-order valence-corrected chi connectivity index (χ0v) is 12.5. The van der Waals surface area contributed by atoms with Crippen LogP contribution in [0, 0.1) is 5.92 Å². The van der Waals surface area contributed by atoms with Gasteiger partial charge in [-0.25, -0.2) is 0 Å². The minimum atomic E-state index is -1.10. The quantitative estimate of drug-likeness (QED) is 0.752. The van der Waals surface area contributed by atoms with E-state index in [4.69, 9.17) is 10.2 Å². The molecule has 0 radical (unpaired) electrons. The van der Waals surface area contributed by atoms with Crippen molar-refractivity contribution in [3.05, 3.63) is 16.8 Å². The van der Waals surface area contributed by atoms with Crippen LogP contribution in [0.15, 0.2) is 21.0 Å². The number of hydrogen-bond donors (Lipinski definition) is 2. The fourth-order valence-electron chi connectivity index (χ4n) is 1.43. The molecule has 1 unspecified atom stereocenters. The van der Waals surface area contributed by atoms with Crippen molar-refractivity contribution in [2.45, 2.75) is 10.6 Å². The van der Waals surface area contributed by atoms with Gasteiger partial charge >= 0.3 is 11.9 Å². The molecule has 2 rings (SSSR count). The first kappa shape index (κ1) is 14.9. The first-order valence-corrected chi connectivity index (χ1v) is 8.20. The maximum atomic E-state index is 11.0. The Morgan fingerprint density at radius 2 is 2.15 bits per heavy atom. The molecule has 0 aliphatic heterocycles. The van der Waals surface area contributed by atoms with E-state index in [2.05, 4.69) is 9.59 Å². The third-order valence-electron chi connectivity index (χ3n) is 2.43. The molecule has 0 saturated carbocycles. The molecule has 2 N–H and O–H groups in total. The van der Waals surface area contributed by atoms with Gasteiger partial charge in [-0.15, -0.1) is 28.2 Å². The minimum absolute atomic E-state index is 0.233. The van der Waals surface area contributed by atoms with Crippen molar-refractivity contribution in [1.29, 1.82) is 0 Å². The van der Waals surface area contributed by atoms with Gasteiger partial charge in [0.1, 0.15) is 5.69 Å². The van der Waals surface area contributed by atoms with Gasteiger partial charge in [0, 0.05) is 22.1 Å². The van der Waals surface area contributed by atoms with Gasteiger partial charge in [-0.3, -0.25) is 9.59 Å². The highest BCUT2D eigenvalue weighted by atomic mass is 32.2. The number of aromatic nitrogens is 2. The molecule has 6 nitrogen and oxygen atoms in total. The maximum Gasteiger partial charge on any atom is 0.307 e. The van der Waals surface area contributed by atoms with Crippen LogP contribution in [-0.4, -0.2) is 37.5 Å². The van der Waals surface area contributed by atoms with E-state index >= 15 is 0 Å². The van der Waals surface area contributed by atoms with Crippen molar-refractivity contribution >= 4 is 46.6 Å². The Kier molecular flexibility index (Phi) is 5.10. The highest BCUT2D eigenvalue weighted by Crippen LogP contribution is 2.32. The summed E-state index contributed by atoms with van der Waals surface area (Å²) in [5.41, 5.74) is 1.73. The molecule has 106 valence electrons. The molecule has 0 aliphatic rings. The molecular formula is C11H10N2O4S3. The second-order valence-electron chi connectivity index (χ2n) is 3.89. The van der Waals surface area contributed by atoms with Crippen molar-refractivity contribution < 1.29 is 19.8 Å². The summed E-state index contributed by atoms with van der Waals surface area (Å²) in [7, 11) is 0. The van der Waals surface area contributed by atoms with Crippen molar-refractivity contribution in [1.82, 2.24) is 9.59 Å². The second-order valence-corrected chi connectivity index (χ2v) is 6.73. The van der Waals surface area contributed by atoms with E-state index < -0.39 is 17.9 Å². The van der Waals surface area contributed by atoms with Gasteiger partial charge in [0.15, 0.2) is 0 Å². The number of nitrogens with zero attached hydrogens (tertiary/aromatic N) is 2. The van der Waals surface area contributed by atoms with E-state index in [1.807, 2.05) is 16.8 Å². The van der Waals surface area contributed by atoms with E-state index in [0.29, 0.717) is 0 Å². The van der Waals surface area contributed by atoms with Crippen LogP contribution in [0.2, 0.25) is 0 Å². The normalized spacial score (nSPS) is 12.2. The predicted molar refractivity (Wildman–Crippen MR) is 77.3 cm³/mol. The number of rotatable bonds is 7. The number of carbonyl (C=O) groups is 2. The third kappa shape index (κ3) is 4.02. The Morgan fingerprint density at radius 3 is 2.75 bits per heavy atom. The summed E-state index contributed by atoms with van der Waals surface area (Å²) in [5.74, 6) is -2.83. The van der Waals surface area contributed by atoms with E-state index in [0.717, 1.165) is 15.5 Å². The second kappa shape index (κ2) is 6.82. The Hall–Kier alpha value is -1.45. The third-order valence-corrected chi connectivity index (χ3v) is 5.27. The molecule has 20 heavy (non-hydrogen) atoms. The molecule has 0 amide bonds. The topological polar surface area (TPSA) is 100 Å². The lowest BCUT2D eigenvalue weighted by Gasteiger charge is -2.07. The Labute approximate surface area is 126 Å². The summed E-state index contributed by atoms with van der Waals surface area (Å²) in [5, 5.41) is 25.4. The Morgan fingerprint density at radius 1 is 1.35 bits per heavy atom. The SMILES string of the molecule is O=C(O)CC(CSc1cc(-c2csnn2)cs1)C(=O)O. The lowest BCUT2D eigenvalue weighted by molar-refractivity contribution is -0.147. The molecule has 9 heteroatoms. The number of carboxylic acid groups (broad SMARTS) is 2. The Balaban J connectivity index is 1.96. The predicted octanol–water partition coefficient (Wildman–Crippen LogP) is 2.53. The maximum absolute atomic E-state index is 11.0. The van der Waals surface area contributed by atoms with Crippen LogP contribution >= 0.6 is 34.6 Å². The van der Waals surface area contributed by atoms with Crippen molar-refractivity contribution in [3.63, 3.8) is 0 Å². The standard InChI is InChI=1S/C11H10N2O4S3/c14-9(15)1-7(11(16)17)4-19-10-2-6(3-18-10)8-5-20-13-12-8/h2-3,5,7H,1,4H2,(H,14,15)(H,16,17). The molecule has 0 aromatic carbocycles. The van der Waals surface area contributed by atoms with Crippen molar-refractivity contribution in [2.24, 2.45) is 5.92 Å². The van der Waals surface area contributed by atoms with E-state index in [1.54, 1.807) is 0 Å². The number of hydrogen-bond acceptors (Lipinski definition) is 7. The lowest BCUT2D eigenvalue weighted by atomic mass is 10.1. The molecular weight excluding hydrogens is 320 g/mol. The van der Waals surface area contributed by atoms with Crippen LogP contribution in [0.4, 0.5) is 0 Å². The van der Waals surface area contributed by atoms with Crippen LogP contribution in [0.3, 0.4) is 0 Å². The molecule has 0 aliphatic carbocycles. The first-order valence-electron chi connectivity index (χ1n) is 5.49. The van der Waals surface area contributed by atoms with Crippen molar-refractivity contribution in [3.8, 4) is 11.3 Å². The van der Waals surface area contributed by atoms with E-state index in [1.165, 1.54) is 34.6 Å². The molecule has 2 aromatic rings. The Bertz CT molecular complexity index is 597. The summed E-state index contributed by atoms with van der Waals surface area (Å²) in [4.78, 5) is 21.6. The molecule has 1 atom stereocenters. The summed E-state index contributed by atoms with van der Waals surface area (Å²) in [6.45, 7) is 0. The van der Waals surface area contributed by atoms with Gasteiger partial charge in [0.25, 0.3) is 0 Å². The van der Waals surface area contributed by atoms with Crippen LogP contribution in [0.1, 0.15) is 6.42 Å². The molecule has 0 bridgehead atoms. The van der Waals surface area contributed by atoms with Gasteiger partial charge in [-0.2, -0.15) is 0 Å². The molecule has 2 heterocycles. The fourth-order valence-corrected chi connectivity index (χ4v) is 3.98. The zero-order chi connectivity index (χ0) is 14.5. The smallest absolute Gasteiger partial charge is 0.307 e. The average molecular weight is 330 g/mol. The molecule has 0 saturated heterocycles. The zero-order valence-electron chi connectivity index (χ0n) is 10.1. The summed E-state index contributed by atoms with van der Waals surface area (Å²) in [6.07, 6.45) is -0.365. The van der Waals surface area contributed by atoms with E-state index in [9.17, 15) is 9.59 Å². The number of thioether (sulfide) groups is 1. The molecule has 0 spiro atoms. The minimum Gasteiger partial charge on any atom is -0.481 e. The highest BCUT2D eigenvalue weighted by molar-refractivity contribution is 8.01.